The lowest BCUT2D eigenvalue weighted by Gasteiger charge is -2.21. The number of aromatic carboxylic acids is 1. The number of carboxylic acids is 1. The van der Waals surface area contributed by atoms with Crippen molar-refractivity contribution in [1.29, 1.82) is 0 Å². The Morgan fingerprint density at radius 3 is 2.67 bits per heavy atom. The van der Waals surface area contributed by atoms with Crippen molar-refractivity contribution in [2.75, 3.05) is 11.4 Å². The van der Waals surface area contributed by atoms with Gasteiger partial charge >= 0.3 is 5.97 Å². The van der Waals surface area contributed by atoms with Gasteiger partial charge in [0.15, 0.2) is 5.12 Å². The molecule has 0 radical (unpaired) electrons. The van der Waals surface area contributed by atoms with Crippen LogP contribution in [0.15, 0.2) is 16.6 Å². The summed E-state index contributed by atoms with van der Waals surface area (Å²) in [5.74, 6) is -1.24. The highest BCUT2D eigenvalue weighted by atomic mass is 79.9. The number of halogens is 1. The molecular weight excluding hydrogens is 358 g/mol. The van der Waals surface area contributed by atoms with Gasteiger partial charge in [-0.15, -0.1) is 0 Å². The molecule has 1 aliphatic heterocycles. The molecule has 1 unspecified atom stereocenters. The summed E-state index contributed by atoms with van der Waals surface area (Å²) in [5.41, 5.74) is 1.25. The maximum absolute atomic E-state index is 12.2. The van der Waals surface area contributed by atoms with Gasteiger partial charge in [-0.3, -0.25) is 9.59 Å². The van der Waals surface area contributed by atoms with Crippen LogP contribution in [0.4, 0.5) is 5.69 Å². The first kappa shape index (κ1) is 16.0. The van der Waals surface area contributed by atoms with Crippen LogP contribution in [0, 0.1) is 6.92 Å². The molecule has 0 spiro atoms. The number of anilines is 1. The third kappa shape index (κ3) is 3.47. The van der Waals surface area contributed by atoms with E-state index in [0.717, 1.165) is 17.3 Å². The first-order chi connectivity index (χ1) is 9.79. The quantitative estimate of drug-likeness (QED) is 0.883. The summed E-state index contributed by atoms with van der Waals surface area (Å²) >= 11 is 4.47. The van der Waals surface area contributed by atoms with Crippen molar-refractivity contribution in [2.24, 2.45) is 0 Å². The molecule has 1 amide bonds. The largest absolute Gasteiger partial charge is 0.478 e. The Hall–Kier alpha value is -1.34. The number of amides is 1. The summed E-state index contributed by atoms with van der Waals surface area (Å²) in [6, 6.07) is 3.32. The number of carbonyl (C=O) groups excluding carboxylic acids is 2. The second-order valence-corrected chi connectivity index (χ2v) is 7.22. The fourth-order valence-corrected chi connectivity index (χ4v) is 4.08. The van der Waals surface area contributed by atoms with Crippen LogP contribution in [0.1, 0.15) is 29.3 Å². The fraction of sp³-hybridized carbons (Fsp3) is 0.357. The van der Waals surface area contributed by atoms with Crippen molar-refractivity contribution in [2.45, 2.75) is 25.5 Å². The van der Waals surface area contributed by atoms with Gasteiger partial charge in [-0.2, -0.15) is 0 Å². The minimum absolute atomic E-state index is 0.0453. The monoisotopic (exact) mass is 371 g/mol. The number of carbonyl (C=O) groups is 3. The summed E-state index contributed by atoms with van der Waals surface area (Å²) < 4.78 is 0.571. The molecule has 1 aliphatic rings. The second-order valence-electron chi connectivity index (χ2n) is 4.89. The molecule has 7 heteroatoms. The van der Waals surface area contributed by atoms with Gasteiger partial charge in [0.1, 0.15) is 0 Å². The zero-order valence-corrected chi connectivity index (χ0v) is 14.0. The van der Waals surface area contributed by atoms with Crippen molar-refractivity contribution in [1.82, 2.24) is 0 Å². The molecule has 1 aromatic carbocycles. The highest BCUT2D eigenvalue weighted by Gasteiger charge is 2.35. The lowest BCUT2D eigenvalue weighted by molar-refractivity contribution is -0.117. The SMILES string of the molecule is CC(=O)SC1CC(=O)N(c2c(Br)cc(C)cc2C(=O)O)C1. The average molecular weight is 372 g/mol. The van der Waals surface area contributed by atoms with E-state index in [1.54, 1.807) is 19.1 Å². The molecule has 5 nitrogen and oxygen atoms in total. The van der Waals surface area contributed by atoms with Crippen LogP contribution in [0.2, 0.25) is 0 Å². The molecule has 0 aliphatic carbocycles. The number of benzene rings is 1. The normalized spacial score (nSPS) is 18.1. The maximum Gasteiger partial charge on any atom is 0.337 e. The van der Waals surface area contributed by atoms with Crippen molar-refractivity contribution in [3.63, 3.8) is 0 Å². The van der Waals surface area contributed by atoms with Gasteiger partial charge in [0.2, 0.25) is 5.91 Å². The Bertz CT molecular complexity index is 632. The van der Waals surface area contributed by atoms with Crippen LogP contribution < -0.4 is 4.90 Å². The molecule has 0 aromatic heterocycles. The highest BCUT2D eigenvalue weighted by Crippen LogP contribution is 2.36. The van der Waals surface area contributed by atoms with Crippen molar-refractivity contribution in [3.05, 3.63) is 27.7 Å². The van der Waals surface area contributed by atoms with Gasteiger partial charge in [0.05, 0.1) is 11.3 Å². The molecule has 0 bridgehead atoms. The number of rotatable bonds is 3. The van der Waals surface area contributed by atoms with Crippen molar-refractivity contribution < 1.29 is 19.5 Å². The van der Waals surface area contributed by atoms with Crippen LogP contribution in [0.25, 0.3) is 0 Å². The molecular formula is C14H14BrNO4S. The van der Waals surface area contributed by atoms with Gasteiger partial charge in [0.25, 0.3) is 0 Å². The second kappa shape index (κ2) is 6.19. The zero-order valence-electron chi connectivity index (χ0n) is 11.6. The van der Waals surface area contributed by atoms with E-state index >= 15 is 0 Å². The van der Waals surface area contributed by atoms with Crippen LogP contribution in [-0.4, -0.2) is 33.9 Å². The standard InChI is InChI=1S/C14H14BrNO4S/c1-7-3-10(14(19)20)13(11(15)4-7)16-6-9(5-12(16)18)21-8(2)17/h3-4,9H,5-6H2,1-2H3,(H,19,20). The van der Waals surface area contributed by atoms with Crippen molar-refractivity contribution >= 4 is 50.4 Å². The summed E-state index contributed by atoms with van der Waals surface area (Å²) in [6.45, 7) is 3.59. The third-order valence-electron chi connectivity index (χ3n) is 3.13. The van der Waals surface area contributed by atoms with E-state index in [4.69, 9.17) is 0 Å². The van der Waals surface area contributed by atoms with E-state index in [-0.39, 0.29) is 28.3 Å². The molecule has 1 N–H and O–H groups in total. The first-order valence-electron chi connectivity index (χ1n) is 6.30. The maximum atomic E-state index is 12.2. The van der Waals surface area contributed by atoms with Gasteiger partial charge in [-0.05, 0) is 40.5 Å². The molecule has 1 saturated heterocycles. The minimum atomic E-state index is -1.08. The van der Waals surface area contributed by atoms with E-state index in [9.17, 15) is 19.5 Å². The Labute approximate surface area is 134 Å². The lowest BCUT2D eigenvalue weighted by Crippen LogP contribution is -2.27. The smallest absolute Gasteiger partial charge is 0.337 e. The highest BCUT2D eigenvalue weighted by molar-refractivity contribution is 9.10. The topological polar surface area (TPSA) is 74.7 Å². The Morgan fingerprint density at radius 1 is 1.43 bits per heavy atom. The van der Waals surface area contributed by atoms with Crippen LogP contribution in [0.5, 0.6) is 0 Å². The van der Waals surface area contributed by atoms with E-state index in [2.05, 4.69) is 15.9 Å². The van der Waals surface area contributed by atoms with Gasteiger partial charge in [0, 0.05) is 29.6 Å². The van der Waals surface area contributed by atoms with E-state index in [0.29, 0.717) is 16.7 Å². The average Bonchev–Trinajstić information content (AvgIpc) is 2.67. The molecule has 21 heavy (non-hydrogen) atoms. The van der Waals surface area contributed by atoms with Crippen LogP contribution in [0.3, 0.4) is 0 Å². The van der Waals surface area contributed by atoms with E-state index in [1.165, 1.54) is 11.8 Å². The number of hydrogen-bond donors (Lipinski definition) is 1. The molecule has 0 saturated carbocycles. The Kier molecular flexibility index (Phi) is 4.73. The number of aryl methyl sites for hydroxylation is 1. The molecule has 2 rings (SSSR count). The summed E-state index contributed by atoms with van der Waals surface area (Å²) in [7, 11) is 0. The van der Waals surface area contributed by atoms with Gasteiger partial charge < -0.3 is 10.0 Å². The number of nitrogens with zero attached hydrogens (tertiary/aromatic N) is 1. The molecule has 1 aromatic rings. The van der Waals surface area contributed by atoms with Crippen LogP contribution in [-0.2, 0) is 9.59 Å². The molecule has 1 heterocycles. The molecule has 1 atom stereocenters. The predicted octanol–water partition coefficient (Wildman–Crippen LogP) is 2.84. The Balaban J connectivity index is 2.40. The van der Waals surface area contributed by atoms with E-state index < -0.39 is 5.97 Å². The predicted molar refractivity (Wildman–Crippen MR) is 84.9 cm³/mol. The molecule has 112 valence electrons. The number of hydrogen-bond acceptors (Lipinski definition) is 4. The van der Waals surface area contributed by atoms with E-state index in [1.807, 2.05) is 0 Å². The van der Waals surface area contributed by atoms with Gasteiger partial charge in [-0.1, -0.05) is 11.8 Å². The first-order valence-corrected chi connectivity index (χ1v) is 7.98. The zero-order chi connectivity index (χ0) is 15.7. The number of thioether (sulfide) groups is 1. The lowest BCUT2D eigenvalue weighted by atomic mass is 10.1. The molecule has 1 fully saturated rings. The van der Waals surface area contributed by atoms with Crippen molar-refractivity contribution in [3.8, 4) is 0 Å². The minimum Gasteiger partial charge on any atom is -0.478 e. The van der Waals surface area contributed by atoms with Crippen LogP contribution >= 0.6 is 27.7 Å². The number of carboxylic acid groups (broad SMARTS) is 1. The summed E-state index contributed by atoms with van der Waals surface area (Å²) in [4.78, 5) is 36.2. The van der Waals surface area contributed by atoms with Gasteiger partial charge in [-0.25, -0.2) is 4.79 Å². The summed E-state index contributed by atoms with van der Waals surface area (Å²) in [5, 5.41) is 9.17. The Morgan fingerprint density at radius 2 is 2.10 bits per heavy atom. The summed E-state index contributed by atoms with van der Waals surface area (Å²) in [6.07, 6.45) is 0.240. The third-order valence-corrected chi connectivity index (χ3v) is 4.72. The fourth-order valence-electron chi connectivity index (χ4n) is 2.38.